The fourth-order valence-electron chi connectivity index (χ4n) is 2.78. The number of ether oxygens (including phenoxy) is 1. The molecule has 1 aliphatic rings. The highest BCUT2D eigenvalue weighted by Gasteiger charge is 2.24. The van der Waals surface area contributed by atoms with Gasteiger partial charge in [0.05, 0.1) is 0 Å². The molecule has 0 spiro atoms. The molecule has 1 atom stereocenters. The number of hydrogen-bond donors (Lipinski definition) is 1. The number of carbonyl (C=O) groups is 1. The molecule has 1 amide bonds. The lowest BCUT2D eigenvalue weighted by Crippen LogP contribution is -2.47. The molecule has 120 valence electrons. The Labute approximate surface area is 136 Å². The first-order valence-electron chi connectivity index (χ1n) is 7.92. The van der Waals surface area contributed by atoms with E-state index in [0.717, 1.165) is 31.7 Å². The van der Waals surface area contributed by atoms with Gasteiger partial charge in [0.2, 0.25) is 0 Å². The number of piperidine rings is 1. The molecule has 0 saturated carbocycles. The van der Waals surface area contributed by atoms with Crippen molar-refractivity contribution >= 4 is 5.91 Å². The maximum absolute atomic E-state index is 12.6. The highest BCUT2D eigenvalue weighted by Crippen LogP contribution is 2.22. The van der Waals surface area contributed by atoms with E-state index in [2.05, 4.69) is 10.3 Å². The fourth-order valence-corrected chi connectivity index (χ4v) is 2.78. The summed E-state index contributed by atoms with van der Waals surface area (Å²) >= 11 is 0. The summed E-state index contributed by atoms with van der Waals surface area (Å²) in [5.74, 6) is 1.32. The average Bonchev–Trinajstić information content (AvgIpc) is 2.62. The summed E-state index contributed by atoms with van der Waals surface area (Å²) in [5.41, 5.74) is 0.426. The maximum Gasteiger partial charge on any atom is 0.272 e. The number of rotatable bonds is 4. The van der Waals surface area contributed by atoms with Gasteiger partial charge in [-0.05, 0) is 38.1 Å². The SMILES string of the molecule is CNC1CCCN(C(=O)c2cc(Oc3ccccc3)ccn2)C1. The number of para-hydroxylation sites is 1. The first-order chi connectivity index (χ1) is 11.3. The second-order valence-corrected chi connectivity index (χ2v) is 5.67. The normalized spacial score (nSPS) is 17.8. The first-order valence-corrected chi connectivity index (χ1v) is 7.92. The zero-order valence-electron chi connectivity index (χ0n) is 13.2. The van der Waals surface area contributed by atoms with E-state index in [4.69, 9.17) is 4.74 Å². The van der Waals surface area contributed by atoms with Crippen molar-refractivity contribution < 1.29 is 9.53 Å². The lowest BCUT2D eigenvalue weighted by atomic mass is 10.1. The van der Waals surface area contributed by atoms with Crippen LogP contribution in [-0.4, -0.2) is 42.0 Å². The van der Waals surface area contributed by atoms with Crippen LogP contribution < -0.4 is 10.1 Å². The molecule has 23 heavy (non-hydrogen) atoms. The van der Waals surface area contributed by atoms with Crippen LogP contribution in [0.25, 0.3) is 0 Å². The van der Waals surface area contributed by atoms with Crippen molar-refractivity contribution in [3.8, 4) is 11.5 Å². The molecule has 5 heteroatoms. The van der Waals surface area contributed by atoms with Crippen molar-refractivity contribution in [2.45, 2.75) is 18.9 Å². The molecular weight excluding hydrogens is 290 g/mol. The number of pyridine rings is 1. The van der Waals surface area contributed by atoms with Crippen LogP contribution in [0.1, 0.15) is 23.3 Å². The zero-order valence-corrected chi connectivity index (χ0v) is 13.2. The van der Waals surface area contributed by atoms with Gasteiger partial charge >= 0.3 is 0 Å². The van der Waals surface area contributed by atoms with Crippen LogP contribution >= 0.6 is 0 Å². The Bertz CT molecular complexity index is 660. The molecule has 1 N–H and O–H groups in total. The molecule has 2 aromatic rings. The average molecular weight is 311 g/mol. The summed E-state index contributed by atoms with van der Waals surface area (Å²) < 4.78 is 5.78. The van der Waals surface area contributed by atoms with Gasteiger partial charge in [-0.2, -0.15) is 0 Å². The van der Waals surface area contributed by atoms with Gasteiger partial charge in [-0.1, -0.05) is 18.2 Å². The van der Waals surface area contributed by atoms with Gasteiger partial charge < -0.3 is 15.0 Å². The van der Waals surface area contributed by atoms with Gasteiger partial charge in [-0.25, -0.2) is 0 Å². The Morgan fingerprint density at radius 1 is 1.26 bits per heavy atom. The van der Waals surface area contributed by atoms with Gasteiger partial charge in [0.25, 0.3) is 5.91 Å². The molecule has 0 bridgehead atoms. The summed E-state index contributed by atoms with van der Waals surface area (Å²) in [7, 11) is 1.94. The minimum Gasteiger partial charge on any atom is -0.457 e. The van der Waals surface area contributed by atoms with E-state index in [1.807, 2.05) is 42.3 Å². The molecule has 1 fully saturated rings. The van der Waals surface area contributed by atoms with Gasteiger partial charge in [-0.15, -0.1) is 0 Å². The number of hydrogen-bond acceptors (Lipinski definition) is 4. The monoisotopic (exact) mass is 311 g/mol. The number of benzene rings is 1. The van der Waals surface area contributed by atoms with Crippen LogP contribution in [0.5, 0.6) is 11.5 Å². The summed E-state index contributed by atoms with van der Waals surface area (Å²) in [4.78, 5) is 18.7. The third-order valence-electron chi connectivity index (χ3n) is 4.05. The topological polar surface area (TPSA) is 54.5 Å². The van der Waals surface area contributed by atoms with Crippen molar-refractivity contribution in [2.75, 3.05) is 20.1 Å². The molecule has 0 radical (unpaired) electrons. The number of nitrogens with zero attached hydrogens (tertiary/aromatic N) is 2. The number of nitrogens with one attached hydrogen (secondary N) is 1. The Morgan fingerprint density at radius 3 is 2.87 bits per heavy atom. The molecule has 1 unspecified atom stereocenters. The third kappa shape index (κ3) is 3.87. The molecule has 1 aromatic carbocycles. The predicted octanol–water partition coefficient (Wildman–Crippen LogP) is 2.70. The smallest absolute Gasteiger partial charge is 0.272 e. The standard InChI is InChI=1S/C18H21N3O2/c1-19-14-6-5-11-21(13-14)18(22)17-12-16(9-10-20-17)23-15-7-3-2-4-8-15/h2-4,7-10,12,14,19H,5-6,11,13H2,1H3. The van der Waals surface area contributed by atoms with Crippen molar-refractivity contribution in [3.63, 3.8) is 0 Å². The molecule has 1 aromatic heterocycles. The Morgan fingerprint density at radius 2 is 2.09 bits per heavy atom. The quantitative estimate of drug-likeness (QED) is 0.943. The summed E-state index contributed by atoms with van der Waals surface area (Å²) in [6.45, 7) is 1.50. The minimum atomic E-state index is -0.0385. The second-order valence-electron chi connectivity index (χ2n) is 5.67. The number of amides is 1. The molecule has 1 saturated heterocycles. The van der Waals surface area contributed by atoms with Crippen molar-refractivity contribution in [2.24, 2.45) is 0 Å². The van der Waals surface area contributed by atoms with Crippen LogP contribution in [0.3, 0.4) is 0 Å². The van der Waals surface area contributed by atoms with E-state index in [0.29, 0.717) is 17.5 Å². The van der Waals surface area contributed by atoms with E-state index in [9.17, 15) is 4.79 Å². The van der Waals surface area contributed by atoms with E-state index < -0.39 is 0 Å². The van der Waals surface area contributed by atoms with Crippen LogP contribution in [-0.2, 0) is 0 Å². The van der Waals surface area contributed by atoms with Crippen molar-refractivity contribution in [1.29, 1.82) is 0 Å². The van der Waals surface area contributed by atoms with Crippen molar-refractivity contribution in [3.05, 3.63) is 54.4 Å². The summed E-state index contributed by atoms with van der Waals surface area (Å²) in [6, 6.07) is 13.3. The fraction of sp³-hybridized carbons (Fsp3) is 0.333. The molecule has 3 rings (SSSR count). The summed E-state index contributed by atoms with van der Waals surface area (Å²) in [5, 5.41) is 3.25. The van der Waals surface area contributed by atoms with Crippen LogP contribution in [0, 0.1) is 0 Å². The Hall–Kier alpha value is -2.40. The highest BCUT2D eigenvalue weighted by atomic mass is 16.5. The Kier molecular flexibility index (Phi) is 4.88. The van der Waals surface area contributed by atoms with Crippen LogP contribution in [0.4, 0.5) is 0 Å². The van der Waals surface area contributed by atoms with Gasteiger partial charge in [-0.3, -0.25) is 9.78 Å². The zero-order chi connectivity index (χ0) is 16.1. The number of likely N-dealkylation sites (tertiary alicyclic amines) is 1. The Balaban J connectivity index is 1.72. The van der Waals surface area contributed by atoms with E-state index in [1.54, 1.807) is 18.3 Å². The van der Waals surface area contributed by atoms with Gasteiger partial charge in [0.15, 0.2) is 0 Å². The highest BCUT2D eigenvalue weighted by molar-refractivity contribution is 5.92. The van der Waals surface area contributed by atoms with Crippen molar-refractivity contribution in [1.82, 2.24) is 15.2 Å². The number of carbonyl (C=O) groups excluding carboxylic acids is 1. The largest absolute Gasteiger partial charge is 0.457 e. The van der Waals surface area contributed by atoms with Crippen LogP contribution in [0.2, 0.25) is 0 Å². The molecule has 0 aliphatic carbocycles. The molecular formula is C18H21N3O2. The molecule has 2 heterocycles. The number of aromatic nitrogens is 1. The maximum atomic E-state index is 12.6. The lowest BCUT2D eigenvalue weighted by Gasteiger charge is -2.32. The molecule has 5 nitrogen and oxygen atoms in total. The summed E-state index contributed by atoms with van der Waals surface area (Å²) in [6.07, 6.45) is 3.73. The third-order valence-corrected chi connectivity index (χ3v) is 4.05. The van der Waals surface area contributed by atoms with E-state index >= 15 is 0 Å². The van der Waals surface area contributed by atoms with Crippen LogP contribution in [0.15, 0.2) is 48.7 Å². The van der Waals surface area contributed by atoms with Gasteiger partial charge in [0, 0.05) is 31.4 Å². The lowest BCUT2D eigenvalue weighted by molar-refractivity contribution is 0.0692. The first kappa shape index (κ1) is 15.5. The van der Waals surface area contributed by atoms with E-state index in [1.165, 1.54) is 0 Å². The predicted molar refractivity (Wildman–Crippen MR) is 88.7 cm³/mol. The second kappa shape index (κ2) is 7.24. The minimum absolute atomic E-state index is 0.0385. The number of likely N-dealkylation sites (N-methyl/N-ethyl adjacent to an activating group) is 1. The van der Waals surface area contributed by atoms with Gasteiger partial charge in [0.1, 0.15) is 17.2 Å². The van der Waals surface area contributed by atoms with E-state index in [-0.39, 0.29) is 5.91 Å². The molecule has 1 aliphatic heterocycles.